The van der Waals surface area contributed by atoms with Crippen molar-refractivity contribution in [3.63, 3.8) is 0 Å². The molecule has 0 radical (unpaired) electrons. The van der Waals surface area contributed by atoms with Crippen molar-refractivity contribution in [3.8, 4) is 0 Å². The highest BCUT2D eigenvalue weighted by Gasteiger charge is 1.86. The Balaban J connectivity index is 3.15. The zero-order valence-corrected chi connectivity index (χ0v) is 5.39. The second-order valence-electron chi connectivity index (χ2n) is 2.09. The van der Waals surface area contributed by atoms with Crippen LogP contribution in [0.4, 0.5) is 0 Å². The molecule has 0 atom stereocenters. The Morgan fingerprint density at radius 3 is 2.70 bits per heavy atom. The first-order chi connectivity index (χ1) is 4.97. The molecule has 0 bridgehead atoms. The molecule has 1 aromatic heterocycles. The molecule has 2 rings (SSSR count). The van der Waals surface area contributed by atoms with E-state index in [2.05, 4.69) is 16.4 Å². The second kappa shape index (κ2) is 2.00. The molecule has 1 N–H and O–H groups in total. The van der Waals surface area contributed by atoms with Gasteiger partial charge in [-0.2, -0.15) is 0 Å². The van der Waals surface area contributed by atoms with E-state index in [1.54, 1.807) is 0 Å². The third-order valence-corrected chi connectivity index (χ3v) is 1.43. The summed E-state index contributed by atoms with van der Waals surface area (Å²) in [5.74, 6) is 0. The van der Waals surface area contributed by atoms with Crippen molar-refractivity contribution in [1.29, 1.82) is 0 Å². The van der Waals surface area contributed by atoms with Gasteiger partial charge >= 0.3 is 0 Å². The fraction of sp³-hybridized carbons (Fsp3) is 0. The number of aromatic nitrogens is 1. The van der Waals surface area contributed by atoms with Gasteiger partial charge in [-0.25, -0.2) is 4.98 Å². The number of nitrogens with one attached hydrogen (secondary N) is 1. The summed E-state index contributed by atoms with van der Waals surface area (Å²) in [6.07, 6.45) is 7.51. The number of aromatic amines is 1. The zero-order chi connectivity index (χ0) is 6.81. The van der Waals surface area contributed by atoms with Crippen LogP contribution < -0.4 is 15.4 Å². The predicted molar refractivity (Wildman–Crippen MR) is 38.2 cm³/mol. The van der Waals surface area contributed by atoms with Gasteiger partial charge in [-0.15, -0.1) is 11.5 Å². The van der Waals surface area contributed by atoms with Crippen LogP contribution in [0.15, 0.2) is 30.6 Å². The van der Waals surface area contributed by atoms with Gasteiger partial charge in [0.2, 0.25) is 0 Å². The number of allylic oxidation sites excluding steroid dienone is 2. The molecule has 0 aromatic carbocycles. The third kappa shape index (κ3) is 0.708. The van der Waals surface area contributed by atoms with Gasteiger partial charge in [0.1, 0.15) is 0 Å². The van der Waals surface area contributed by atoms with Crippen molar-refractivity contribution in [2.75, 3.05) is 0 Å². The lowest BCUT2D eigenvalue weighted by atomic mass is 10.3. The molecule has 1 nitrogen and oxygen atoms in total. The molecule has 0 amide bonds. The van der Waals surface area contributed by atoms with Gasteiger partial charge in [0.15, 0.2) is 12.4 Å². The van der Waals surface area contributed by atoms with Gasteiger partial charge in [0, 0.05) is 11.3 Å². The molecule has 1 aromatic rings. The minimum Gasteiger partial charge on any atom is -0.217 e. The number of hydrogen-bond acceptors (Lipinski definition) is 0. The van der Waals surface area contributed by atoms with E-state index in [0.29, 0.717) is 0 Å². The van der Waals surface area contributed by atoms with Crippen molar-refractivity contribution in [2.24, 2.45) is 0 Å². The monoisotopic (exact) mass is 128 g/mol. The van der Waals surface area contributed by atoms with Crippen LogP contribution in [-0.4, -0.2) is 0 Å². The molecular formula is C9H6N+. The first kappa shape index (κ1) is 5.25. The molecule has 1 aliphatic rings. The van der Waals surface area contributed by atoms with Crippen molar-refractivity contribution in [2.45, 2.75) is 0 Å². The van der Waals surface area contributed by atoms with E-state index in [-0.39, 0.29) is 0 Å². The second-order valence-corrected chi connectivity index (χ2v) is 2.09. The van der Waals surface area contributed by atoms with E-state index in [0.717, 1.165) is 10.4 Å². The molecule has 1 aliphatic carbocycles. The first-order valence-corrected chi connectivity index (χ1v) is 3.15. The highest BCUT2D eigenvalue weighted by molar-refractivity contribution is 5.38. The molecule has 0 saturated carbocycles. The van der Waals surface area contributed by atoms with Crippen LogP contribution >= 0.6 is 0 Å². The third-order valence-electron chi connectivity index (χ3n) is 1.43. The van der Waals surface area contributed by atoms with Crippen molar-refractivity contribution in [1.82, 2.24) is 0 Å². The van der Waals surface area contributed by atoms with E-state index < -0.39 is 0 Å². The Hall–Kier alpha value is -1.55. The average Bonchev–Trinajstić information content (AvgIpc) is 2.05. The average molecular weight is 128 g/mol. The van der Waals surface area contributed by atoms with E-state index >= 15 is 0 Å². The van der Waals surface area contributed by atoms with Crippen LogP contribution in [0.3, 0.4) is 0 Å². The fourth-order valence-electron chi connectivity index (χ4n) is 0.939. The Bertz CT molecular complexity index is 387. The summed E-state index contributed by atoms with van der Waals surface area (Å²) < 4.78 is 0. The lowest BCUT2D eigenvalue weighted by Gasteiger charge is -1.79. The minimum absolute atomic E-state index is 1.07. The van der Waals surface area contributed by atoms with Gasteiger partial charge in [0.05, 0.1) is 5.22 Å². The van der Waals surface area contributed by atoms with Gasteiger partial charge in [-0.3, -0.25) is 0 Å². The molecule has 0 saturated heterocycles. The van der Waals surface area contributed by atoms with Crippen molar-refractivity contribution in [3.05, 3.63) is 41.0 Å². The van der Waals surface area contributed by atoms with Crippen LogP contribution in [0.1, 0.15) is 0 Å². The lowest BCUT2D eigenvalue weighted by Crippen LogP contribution is -2.28. The Morgan fingerprint density at radius 1 is 1.10 bits per heavy atom. The predicted octanol–water partition coefficient (Wildman–Crippen LogP) is -0.614. The zero-order valence-electron chi connectivity index (χ0n) is 5.39. The maximum atomic E-state index is 3.10. The van der Waals surface area contributed by atoms with Gasteiger partial charge in [-0.1, -0.05) is 0 Å². The number of fused-ring (bicyclic) bond motifs is 1. The first-order valence-electron chi connectivity index (χ1n) is 3.15. The summed E-state index contributed by atoms with van der Waals surface area (Å²) in [5, 5.41) is 2.17. The largest absolute Gasteiger partial charge is 0.217 e. The molecule has 0 spiro atoms. The molecule has 10 heavy (non-hydrogen) atoms. The normalized spacial score (nSPS) is 11.6. The summed E-state index contributed by atoms with van der Waals surface area (Å²) in [6.45, 7) is 0. The Morgan fingerprint density at radius 2 is 1.90 bits per heavy atom. The number of hydrogen-bond donors (Lipinski definition) is 0. The summed E-state index contributed by atoms with van der Waals surface area (Å²) in [4.78, 5) is 2.98. The van der Waals surface area contributed by atoms with E-state index in [9.17, 15) is 0 Å². The minimum atomic E-state index is 1.07. The highest BCUT2D eigenvalue weighted by Crippen LogP contribution is 1.70. The smallest absolute Gasteiger partial charge is 0.183 e. The van der Waals surface area contributed by atoms with Gasteiger partial charge in [0.25, 0.3) is 0 Å². The summed E-state index contributed by atoms with van der Waals surface area (Å²) in [6, 6.07) is 1.98. The molecule has 1 heterocycles. The van der Waals surface area contributed by atoms with Crippen LogP contribution in [-0.2, 0) is 0 Å². The number of rotatable bonds is 0. The SMILES string of the molecule is C1=CC=C=c2c[nH+]ccc2=1. The molecule has 46 valence electrons. The van der Waals surface area contributed by atoms with Crippen LogP contribution in [0.2, 0.25) is 0 Å². The molecule has 0 fully saturated rings. The number of H-pyrrole nitrogens is 1. The highest BCUT2D eigenvalue weighted by atomic mass is 14.6. The van der Waals surface area contributed by atoms with E-state index in [1.807, 2.05) is 30.6 Å². The van der Waals surface area contributed by atoms with E-state index in [4.69, 9.17) is 0 Å². The Labute approximate surface area is 58.3 Å². The quantitative estimate of drug-likeness (QED) is 0.442. The molecular weight excluding hydrogens is 122 g/mol. The van der Waals surface area contributed by atoms with E-state index in [1.165, 1.54) is 0 Å². The van der Waals surface area contributed by atoms with Gasteiger partial charge < -0.3 is 0 Å². The fourth-order valence-corrected chi connectivity index (χ4v) is 0.939. The maximum Gasteiger partial charge on any atom is 0.183 e. The molecule has 0 aliphatic heterocycles. The van der Waals surface area contributed by atoms with Gasteiger partial charge in [-0.05, 0) is 12.2 Å². The van der Waals surface area contributed by atoms with Crippen molar-refractivity contribution < 1.29 is 4.98 Å². The van der Waals surface area contributed by atoms with Crippen LogP contribution in [0, 0.1) is 0 Å². The summed E-state index contributed by atoms with van der Waals surface area (Å²) >= 11 is 0. The topological polar surface area (TPSA) is 14.1 Å². The summed E-state index contributed by atoms with van der Waals surface area (Å²) in [5.41, 5.74) is 6.19. The van der Waals surface area contributed by atoms with Crippen molar-refractivity contribution >= 4 is 11.5 Å². The van der Waals surface area contributed by atoms with Crippen LogP contribution in [0.25, 0.3) is 11.5 Å². The summed E-state index contributed by atoms with van der Waals surface area (Å²) in [7, 11) is 0. The van der Waals surface area contributed by atoms with Crippen LogP contribution in [0.5, 0.6) is 0 Å². The Kier molecular flexibility index (Phi) is 1.05. The molecule has 0 unspecified atom stereocenters. The number of pyridine rings is 1. The lowest BCUT2D eigenvalue weighted by molar-refractivity contribution is -0.379. The maximum absolute atomic E-state index is 3.10. The molecule has 1 heteroatoms. The standard InChI is InChI=1S/C9H5N/c1-2-4-9-7-10-6-5-8(9)3-1/h1-2,5-7H/p+1.